The van der Waals surface area contributed by atoms with Gasteiger partial charge in [-0.2, -0.15) is 0 Å². The number of fused-ring (bicyclic) bond motifs is 2. The molecule has 1 spiro atoms. The first-order valence-electron chi connectivity index (χ1n) is 7.07. The second-order valence-corrected chi connectivity index (χ2v) is 5.82. The predicted molar refractivity (Wildman–Crippen MR) is 72.6 cm³/mol. The molecule has 0 aliphatic heterocycles. The van der Waals surface area contributed by atoms with Gasteiger partial charge in [-0.15, -0.1) is 0 Å². The number of aryl methyl sites for hydroxylation is 1. The van der Waals surface area contributed by atoms with Crippen molar-refractivity contribution in [3.05, 3.63) is 29.3 Å². The summed E-state index contributed by atoms with van der Waals surface area (Å²) in [4.78, 5) is 11.6. The Hall–Kier alpha value is -1.51. The zero-order chi connectivity index (χ0) is 13.5. The SMILES string of the molecule is COc1ccc2c(c1)CCC(C(=O)O)C21CCCC1. The Morgan fingerprint density at radius 2 is 2.11 bits per heavy atom. The monoisotopic (exact) mass is 260 g/mol. The third-order valence-electron chi connectivity index (χ3n) is 5.01. The van der Waals surface area contributed by atoms with E-state index in [4.69, 9.17) is 4.74 Å². The molecular formula is C16H20O3. The normalized spacial score (nSPS) is 24.2. The van der Waals surface area contributed by atoms with Crippen molar-refractivity contribution in [3.8, 4) is 5.75 Å². The Morgan fingerprint density at radius 1 is 1.37 bits per heavy atom. The van der Waals surface area contributed by atoms with Crippen LogP contribution in [0.2, 0.25) is 0 Å². The summed E-state index contributed by atoms with van der Waals surface area (Å²) >= 11 is 0. The van der Waals surface area contributed by atoms with Crippen molar-refractivity contribution in [3.63, 3.8) is 0 Å². The number of ether oxygens (including phenoxy) is 1. The van der Waals surface area contributed by atoms with Crippen LogP contribution in [0.4, 0.5) is 0 Å². The second kappa shape index (κ2) is 4.55. The van der Waals surface area contributed by atoms with Crippen molar-refractivity contribution >= 4 is 5.97 Å². The van der Waals surface area contributed by atoms with Crippen LogP contribution in [0, 0.1) is 5.92 Å². The van der Waals surface area contributed by atoms with Gasteiger partial charge in [0.25, 0.3) is 0 Å². The molecule has 3 nitrogen and oxygen atoms in total. The summed E-state index contributed by atoms with van der Waals surface area (Å²) in [5, 5.41) is 9.57. The summed E-state index contributed by atoms with van der Waals surface area (Å²) in [6.45, 7) is 0. The molecule has 3 heteroatoms. The average molecular weight is 260 g/mol. The van der Waals surface area contributed by atoms with Gasteiger partial charge in [0.2, 0.25) is 0 Å². The molecule has 1 N–H and O–H groups in total. The third-order valence-corrected chi connectivity index (χ3v) is 5.01. The van der Waals surface area contributed by atoms with Crippen LogP contribution < -0.4 is 4.74 Å². The highest BCUT2D eigenvalue weighted by Crippen LogP contribution is 2.52. The van der Waals surface area contributed by atoms with E-state index < -0.39 is 5.97 Å². The smallest absolute Gasteiger partial charge is 0.307 e. The van der Waals surface area contributed by atoms with E-state index in [0.717, 1.165) is 44.3 Å². The van der Waals surface area contributed by atoms with E-state index in [1.54, 1.807) is 7.11 Å². The van der Waals surface area contributed by atoms with Crippen molar-refractivity contribution in [2.75, 3.05) is 7.11 Å². The Labute approximate surface area is 113 Å². The van der Waals surface area contributed by atoms with E-state index in [0.29, 0.717) is 0 Å². The van der Waals surface area contributed by atoms with Gasteiger partial charge < -0.3 is 9.84 Å². The predicted octanol–water partition coefficient (Wildman–Crippen LogP) is 3.15. The van der Waals surface area contributed by atoms with Gasteiger partial charge in [-0.05, 0) is 48.9 Å². The van der Waals surface area contributed by atoms with Crippen molar-refractivity contribution in [1.82, 2.24) is 0 Å². The molecule has 0 bridgehead atoms. The maximum absolute atomic E-state index is 11.6. The standard InChI is InChI=1S/C16H20O3/c1-19-12-5-7-13-11(10-12)4-6-14(15(17)18)16(13)8-2-3-9-16/h5,7,10,14H,2-4,6,8-9H2,1H3,(H,17,18). The van der Waals surface area contributed by atoms with Crippen molar-refractivity contribution in [1.29, 1.82) is 0 Å². The lowest BCUT2D eigenvalue weighted by Crippen LogP contribution is -2.41. The molecule has 0 aromatic heterocycles. The highest BCUT2D eigenvalue weighted by atomic mass is 16.5. The first-order chi connectivity index (χ1) is 9.17. The first-order valence-corrected chi connectivity index (χ1v) is 7.07. The Morgan fingerprint density at radius 3 is 2.74 bits per heavy atom. The Balaban J connectivity index is 2.10. The van der Waals surface area contributed by atoms with Crippen LogP contribution in [0.25, 0.3) is 0 Å². The molecule has 2 aliphatic carbocycles. The quantitative estimate of drug-likeness (QED) is 0.888. The highest BCUT2D eigenvalue weighted by molar-refractivity contribution is 5.73. The van der Waals surface area contributed by atoms with Gasteiger partial charge >= 0.3 is 5.97 Å². The van der Waals surface area contributed by atoms with E-state index in [9.17, 15) is 9.90 Å². The van der Waals surface area contributed by atoms with Crippen molar-refractivity contribution in [2.45, 2.75) is 43.9 Å². The number of aliphatic carboxylic acids is 1. The lowest BCUT2D eigenvalue weighted by Gasteiger charge is -2.41. The number of carboxylic acid groups (broad SMARTS) is 1. The molecular weight excluding hydrogens is 240 g/mol. The minimum absolute atomic E-state index is 0.119. The van der Waals surface area contributed by atoms with Gasteiger partial charge in [-0.1, -0.05) is 18.9 Å². The molecule has 0 saturated heterocycles. The van der Waals surface area contributed by atoms with Crippen LogP contribution >= 0.6 is 0 Å². The summed E-state index contributed by atoms with van der Waals surface area (Å²) < 4.78 is 5.29. The Kier molecular flexibility index (Phi) is 3.00. The van der Waals surface area contributed by atoms with Gasteiger partial charge in [0, 0.05) is 5.41 Å². The maximum Gasteiger partial charge on any atom is 0.307 e. The molecule has 102 valence electrons. The Bertz CT molecular complexity index is 501. The largest absolute Gasteiger partial charge is 0.497 e. The van der Waals surface area contributed by atoms with Gasteiger partial charge in [0.15, 0.2) is 0 Å². The van der Waals surface area contributed by atoms with E-state index in [1.807, 2.05) is 6.07 Å². The van der Waals surface area contributed by atoms with Crippen molar-refractivity contribution < 1.29 is 14.6 Å². The first kappa shape index (κ1) is 12.5. The zero-order valence-corrected chi connectivity index (χ0v) is 11.3. The molecule has 0 radical (unpaired) electrons. The fourth-order valence-electron chi connectivity index (χ4n) is 4.14. The van der Waals surface area contributed by atoms with Crippen LogP contribution in [-0.4, -0.2) is 18.2 Å². The van der Waals surface area contributed by atoms with Crippen LogP contribution in [-0.2, 0) is 16.6 Å². The van der Waals surface area contributed by atoms with Crippen LogP contribution in [0.5, 0.6) is 5.75 Å². The fourth-order valence-corrected chi connectivity index (χ4v) is 4.14. The van der Waals surface area contributed by atoms with Crippen LogP contribution in [0.1, 0.15) is 43.2 Å². The number of hydrogen-bond acceptors (Lipinski definition) is 2. The van der Waals surface area contributed by atoms with E-state index in [2.05, 4.69) is 12.1 Å². The molecule has 1 fully saturated rings. The number of hydrogen-bond donors (Lipinski definition) is 1. The topological polar surface area (TPSA) is 46.5 Å². The summed E-state index contributed by atoms with van der Waals surface area (Å²) in [7, 11) is 1.68. The molecule has 0 heterocycles. The molecule has 1 atom stereocenters. The summed E-state index contributed by atoms with van der Waals surface area (Å²) in [5.74, 6) is 0.0416. The summed E-state index contributed by atoms with van der Waals surface area (Å²) in [6.07, 6.45) is 5.94. The average Bonchev–Trinajstić information content (AvgIpc) is 2.88. The lowest BCUT2D eigenvalue weighted by atomic mass is 9.62. The van der Waals surface area contributed by atoms with Crippen LogP contribution in [0.3, 0.4) is 0 Å². The molecule has 0 amide bonds. The van der Waals surface area contributed by atoms with Crippen molar-refractivity contribution in [2.24, 2.45) is 5.92 Å². The highest BCUT2D eigenvalue weighted by Gasteiger charge is 2.49. The molecule has 1 saturated carbocycles. The van der Waals surface area contributed by atoms with Gasteiger partial charge in [0.1, 0.15) is 5.75 Å². The number of methoxy groups -OCH3 is 1. The summed E-state index contributed by atoms with van der Waals surface area (Å²) in [5.41, 5.74) is 2.44. The number of benzene rings is 1. The lowest BCUT2D eigenvalue weighted by molar-refractivity contribution is -0.145. The molecule has 1 aromatic carbocycles. The zero-order valence-electron chi connectivity index (χ0n) is 11.3. The van der Waals surface area contributed by atoms with Crippen LogP contribution in [0.15, 0.2) is 18.2 Å². The van der Waals surface area contributed by atoms with Gasteiger partial charge in [-0.25, -0.2) is 0 Å². The van der Waals surface area contributed by atoms with Gasteiger partial charge in [-0.3, -0.25) is 4.79 Å². The maximum atomic E-state index is 11.6. The molecule has 1 aromatic rings. The molecule has 3 rings (SSSR count). The number of carbonyl (C=O) groups is 1. The minimum atomic E-state index is -0.622. The number of carboxylic acids is 1. The van der Waals surface area contributed by atoms with E-state index >= 15 is 0 Å². The molecule has 19 heavy (non-hydrogen) atoms. The minimum Gasteiger partial charge on any atom is -0.497 e. The van der Waals surface area contributed by atoms with E-state index in [1.165, 1.54) is 11.1 Å². The fraction of sp³-hybridized carbons (Fsp3) is 0.562. The van der Waals surface area contributed by atoms with Gasteiger partial charge in [0.05, 0.1) is 13.0 Å². The summed E-state index contributed by atoms with van der Waals surface area (Å²) in [6, 6.07) is 6.17. The number of rotatable bonds is 2. The second-order valence-electron chi connectivity index (χ2n) is 5.82. The van der Waals surface area contributed by atoms with E-state index in [-0.39, 0.29) is 11.3 Å². The third kappa shape index (κ3) is 1.83. The molecule has 1 unspecified atom stereocenters. The molecule has 2 aliphatic rings.